The number of hydrogen-bond donors (Lipinski definition) is 1. The summed E-state index contributed by atoms with van der Waals surface area (Å²) in [5, 5.41) is 3.05. The van der Waals surface area contributed by atoms with Crippen LogP contribution in [0.25, 0.3) is 0 Å². The van der Waals surface area contributed by atoms with Gasteiger partial charge in [0.2, 0.25) is 0 Å². The second kappa shape index (κ2) is 4.09. The fraction of sp³-hybridized carbons (Fsp3) is 1.00. The van der Waals surface area contributed by atoms with Crippen molar-refractivity contribution in [1.29, 1.82) is 0 Å². The lowest BCUT2D eigenvalue weighted by Gasteiger charge is -2.23. The molecule has 0 aromatic carbocycles. The maximum absolute atomic E-state index is 11.7. The van der Waals surface area contributed by atoms with Crippen molar-refractivity contribution >= 4 is 0 Å². The molecule has 12 heavy (non-hydrogen) atoms. The van der Waals surface area contributed by atoms with Crippen LogP contribution in [0.4, 0.5) is 13.2 Å². The number of piperidine rings is 1. The first kappa shape index (κ1) is 9.80. The Balaban J connectivity index is 2.13. The Hall–Kier alpha value is -0.290. The number of halogens is 3. The molecular weight excluding hydrogens is 171 g/mol. The number of rotatable bonds is 2. The molecule has 0 bridgehead atoms. The highest BCUT2D eigenvalue weighted by Gasteiger charge is 2.29. The van der Waals surface area contributed by atoms with Crippen LogP contribution in [-0.4, -0.2) is 32.0 Å². The van der Waals surface area contributed by atoms with Crippen molar-refractivity contribution in [3.05, 3.63) is 0 Å². The predicted molar refractivity (Wildman–Crippen MR) is 37.9 cm³/mol. The summed E-state index contributed by atoms with van der Waals surface area (Å²) in [5.74, 6) is 0. The van der Waals surface area contributed by atoms with Gasteiger partial charge in [-0.1, -0.05) is 0 Å². The van der Waals surface area contributed by atoms with Gasteiger partial charge in [-0.2, -0.15) is 13.2 Å². The van der Waals surface area contributed by atoms with Gasteiger partial charge in [-0.05, 0) is 25.9 Å². The van der Waals surface area contributed by atoms with Gasteiger partial charge in [-0.3, -0.25) is 0 Å². The molecule has 1 heterocycles. The minimum Gasteiger partial charge on any atom is -0.369 e. The van der Waals surface area contributed by atoms with Gasteiger partial charge >= 0.3 is 6.18 Å². The quantitative estimate of drug-likeness (QED) is 0.697. The van der Waals surface area contributed by atoms with Gasteiger partial charge in [-0.15, -0.1) is 0 Å². The highest BCUT2D eigenvalue weighted by atomic mass is 19.4. The van der Waals surface area contributed by atoms with E-state index in [9.17, 15) is 13.2 Å². The largest absolute Gasteiger partial charge is 0.411 e. The topological polar surface area (TPSA) is 21.3 Å². The second-order valence-electron chi connectivity index (χ2n) is 2.88. The lowest BCUT2D eigenvalue weighted by Crippen LogP contribution is -2.34. The third-order valence-corrected chi connectivity index (χ3v) is 1.77. The molecule has 0 radical (unpaired) electrons. The summed E-state index contributed by atoms with van der Waals surface area (Å²) in [7, 11) is 0. The van der Waals surface area contributed by atoms with Crippen molar-refractivity contribution in [2.24, 2.45) is 0 Å². The lowest BCUT2D eigenvalue weighted by molar-refractivity contribution is -0.187. The van der Waals surface area contributed by atoms with Gasteiger partial charge in [-0.25, -0.2) is 0 Å². The summed E-state index contributed by atoms with van der Waals surface area (Å²) in [6.45, 7) is 0.392. The molecule has 0 unspecified atom stereocenters. The van der Waals surface area contributed by atoms with E-state index in [-0.39, 0.29) is 6.10 Å². The van der Waals surface area contributed by atoms with Crippen LogP contribution in [0.3, 0.4) is 0 Å². The normalized spacial score (nSPS) is 21.2. The van der Waals surface area contributed by atoms with E-state index in [0.717, 1.165) is 13.1 Å². The van der Waals surface area contributed by atoms with E-state index in [0.29, 0.717) is 12.8 Å². The predicted octanol–water partition coefficient (Wildman–Crippen LogP) is 1.32. The molecule has 1 fully saturated rings. The van der Waals surface area contributed by atoms with E-state index in [1.54, 1.807) is 0 Å². The molecular formula is C7H12F3NO. The number of alkyl halides is 3. The molecule has 0 saturated carbocycles. The number of nitrogens with one attached hydrogen (secondary N) is 1. The van der Waals surface area contributed by atoms with Crippen LogP contribution in [0.2, 0.25) is 0 Å². The summed E-state index contributed by atoms with van der Waals surface area (Å²) < 4.78 is 39.7. The van der Waals surface area contributed by atoms with Crippen LogP contribution in [-0.2, 0) is 4.74 Å². The third kappa shape index (κ3) is 3.92. The molecule has 72 valence electrons. The molecule has 1 saturated heterocycles. The zero-order valence-corrected chi connectivity index (χ0v) is 6.66. The first-order valence-electron chi connectivity index (χ1n) is 3.97. The van der Waals surface area contributed by atoms with Crippen LogP contribution in [0, 0.1) is 0 Å². The van der Waals surface area contributed by atoms with E-state index in [1.165, 1.54) is 0 Å². The Kier molecular flexibility index (Phi) is 3.34. The van der Waals surface area contributed by atoms with Crippen LogP contribution >= 0.6 is 0 Å². The molecule has 1 N–H and O–H groups in total. The van der Waals surface area contributed by atoms with Crippen molar-refractivity contribution in [1.82, 2.24) is 5.32 Å². The van der Waals surface area contributed by atoms with Crippen molar-refractivity contribution in [3.63, 3.8) is 0 Å². The summed E-state index contributed by atoms with van der Waals surface area (Å²) in [6.07, 6.45) is -3.05. The van der Waals surface area contributed by atoms with Gasteiger partial charge < -0.3 is 10.1 Å². The molecule has 0 aliphatic carbocycles. The van der Waals surface area contributed by atoms with Gasteiger partial charge in [0.25, 0.3) is 0 Å². The zero-order valence-electron chi connectivity index (χ0n) is 6.66. The minimum absolute atomic E-state index is 0.215. The van der Waals surface area contributed by atoms with Crippen molar-refractivity contribution in [2.75, 3.05) is 19.7 Å². The first-order valence-corrected chi connectivity index (χ1v) is 3.97. The van der Waals surface area contributed by atoms with Gasteiger partial charge in [0.1, 0.15) is 6.61 Å². The Morgan fingerprint density at radius 3 is 2.33 bits per heavy atom. The molecule has 5 heteroatoms. The molecule has 1 aliphatic heterocycles. The van der Waals surface area contributed by atoms with Crippen molar-refractivity contribution < 1.29 is 17.9 Å². The Morgan fingerprint density at radius 1 is 1.25 bits per heavy atom. The van der Waals surface area contributed by atoms with Gasteiger partial charge in [0.05, 0.1) is 6.10 Å². The highest BCUT2D eigenvalue weighted by molar-refractivity contribution is 4.68. The van der Waals surface area contributed by atoms with Crippen LogP contribution < -0.4 is 5.32 Å². The van der Waals surface area contributed by atoms with Gasteiger partial charge in [0, 0.05) is 0 Å². The summed E-state index contributed by atoms with van der Waals surface area (Å²) >= 11 is 0. The lowest BCUT2D eigenvalue weighted by atomic mass is 10.1. The summed E-state index contributed by atoms with van der Waals surface area (Å²) in [4.78, 5) is 0. The molecule has 1 aliphatic rings. The number of hydrogen-bond acceptors (Lipinski definition) is 2. The maximum Gasteiger partial charge on any atom is 0.411 e. The van der Waals surface area contributed by atoms with Crippen molar-refractivity contribution in [2.45, 2.75) is 25.1 Å². The third-order valence-electron chi connectivity index (χ3n) is 1.77. The Morgan fingerprint density at radius 2 is 1.83 bits per heavy atom. The van der Waals surface area contributed by atoms with E-state index < -0.39 is 12.8 Å². The first-order chi connectivity index (χ1) is 5.58. The highest BCUT2D eigenvalue weighted by Crippen LogP contribution is 2.17. The number of ether oxygens (including phenoxy) is 1. The molecule has 0 aromatic heterocycles. The van der Waals surface area contributed by atoms with E-state index in [1.807, 2.05) is 0 Å². The minimum atomic E-state index is -4.19. The second-order valence-corrected chi connectivity index (χ2v) is 2.88. The average Bonchev–Trinajstić information content (AvgIpc) is 2.02. The summed E-state index contributed by atoms with van der Waals surface area (Å²) in [5.41, 5.74) is 0. The molecule has 0 amide bonds. The molecule has 0 spiro atoms. The maximum atomic E-state index is 11.7. The molecule has 0 aromatic rings. The van der Waals surface area contributed by atoms with Crippen LogP contribution in [0.15, 0.2) is 0 Å². The monoisotopic (exact) mass is 183 g/mol. The smallest absolute Gasteiger partial charge is 0.369 e. The average molecular weight is 183 g/mol. The van der Waals surface area contributed by atoms with Gasteiger partial charge in [0.15, 0.2) is 0 Å². The van der Waals surface area contributed by atoms with Crippen LogP contribution in [0.5, 0.6) is 0 Å². The van der Waals surface area contributed by atoms with E-state index in [2.05, 4.69) is 10.1 Å². The molecule has 0 atom stereocenters. The van der Waals surface area contributed by atoms with E-state index in [4.69, 9.17) is 0 Å². The SMILES string of the molecule is FC(F)(F)COC1CCNCC1. The van der Waals surface area contributed by atoms with Crippen LogP contribution in [0.1, 0.15) is 12.8 Å². The van der Waals surface area contributed by atoms with Crippen molar-refractivity contribution in [3.8, 4) is 0 Å². The molecule has 1 rings (SSSR count). The fourth-order valence-electron chi connectivity index (χ4n) is 1.17. The summed E-state index contributed by atoms with van der Waals surface area (Å²) in [6, 6.07) is 0. The fourth-order valence-corrected chi connectivity index (χ4v) is 1.17. The Labute approximate surface area is 69.1 Å². The Bertz CT molecular complexity index is 131. The standard InChI is InChI=1S/C7H12F3NO/c8-7(9,10)5-12-6-1-3-11-4-2-6/h6,11H,1-5H2. The zero-order chi connectivity index (χ0) is 9.03. The van der Waals surface area contributed by atoms with E-state index >= 15 is 0 Å². The molecule has 2 nitrogen and oxygen atoms in total.